The number of amides is 2. The molecule has 0 bridgehead atoms. The normalized spacial score (nSPS) is 17.2. The molecule has 164 valence electrons. The number of carbonyl (C=O) groups excluding carboxylic acids is 3. The molecule has 2 saturated heterocycles. The second-order valence-corrected chi connectivity index (χ2v) is 8.92. The number of hydrogen-bond acceptors (Lipinski definition) is 6. The molecular weight excluding hydrogens is 426 g/mol. The number of likely N-dealkylation sites (tertiary alicyclic amines) is 1. The van der Waals surface area contributed by atoms with Gasteiger partial charge in [0, 0.05) is 74.2 Å². The minimum atomic E-state index is -0.104. The highest BCUT2D eigenvalue weighted by molar-refractivity contribution is 7.11. The Labute approximate surface area is 189 Å². The molecule has 2 amide bonds. The highest BCUT2D eigenvalue weighted by atomic mass is 32.1. The number of ketones is 1. The summed E-state index contributed by atoms with van der Waals surface area (Å²) in [6.07, 6.45) is 3.25. The number of aromatic amines is 1. The zero-order chi connectivity index (χ0) is 22.1. The first kappa shape index (κ1) is 20.6. The third-order valence-corrected chi connectivity index (χ3v) is 6.86. The van der Waals surface area contributed by atoms with Gasteiger partial charge in [-0.2, -0.15) is 0 Å². The van der Waals surface area contributed by atoms with Crippen molar-refractivity contribution in [3.8, 4) is 0 Å². The molecule has 0 atom stereocenters. The quantitative estimate of drug-likeness (QED) is 0.602. The van der Waals surface area contributed by atoms with Crippen LogP contribution in [0.1, 0.15) is 36.2 Å². The fourth-order valence-electron chi connectivity index (χ4n) is 4.18. The Morgan fingerprint density at radius 2 is 1.69 bits per heavy atom. The smallest absolute Gasteiger partial charge is 0.282 e. The second-order valence-electron chi connectivity index (χ2n) is 8.03. The standard InChI is InChI=1S/C23H23N5O3S/c29-20(16-4-2-1-3-5-16)17-12-19(25-13-17)22(30)28-14-18(15-28)26-7-9-27(10-8-26)23(31)21-24-6-11-32-21/h1-6,11-13,18,25H,7-10,14-15H2. The van der Waals surface area contributed by atoms with Crippen LogP contribution in [-0.4, -0.2) is 87.6 Å². The highest BCUT2D eigenvalue weighted by Gasteiger charge is 2.37. The molecule has 2 aliphatic rings. The lowest BCUT2D eigenvalue weighted by atomic mass is 10.0. The lowest BCUT2D eigenvalue weighted by molar-refractivity contribution is 0.00826. The topological polar surface area (TPSA) is 89.6 Å². The second kappa shape index (κ2) is 8.68. The summed E-state index contributed by atoms with van der Waals surface area (Å²) in [5.74, 6) is -0.198. The molecular formula is C23H23N5O3S. The predicted molar refractivity (Wildman–Crippen MR) is 120 cm³/mol. The summed E-state index contributed by atoms with van der Waals surface area (Å²) in [6, 6.07) is 11.0. The molecule has 0 saturated carbocycles. The molecule has 8 nitrogen and oxygen atoms in total. The molecule has 2 aliphatic heterocycles. The molecule has 3 aromatic rings. The van der Waals surface area contributed by atoms with Crippen molar-refractivity contribution in [2.45, 2.75) is 6.04 Å². The summed E-state index contributed by atoms with van der Waals surface area (Å²) >= 11 is 1.37. The summed E-state index contributed by atoms with van der Waals surface area (Å²) in [7, 11) is 0. The maximum absolute atomic E-state index is 12.8. The maximum Gasteiger partial charge on any atom is 0.282 e. The summed E-state index contributed by atoms with van der Waals surface area (Å²) in [5.41, 5.74) is 1.52. The van der Waals surface area contributed by atoms with Gasteiger partial charge in [0.2, 0.25) is 0 Å². The van der Waals surface area contributed by atoms with E-state index >= 15 is 0 Å². The van der Waals surface area contributed by atoms with E-state index in [1.807, 2.05) is 28.5 Å². The molecule has 0 spiro atoms. The van der Waals surface area contributed by atoms with Gasteiger partial charge in [-0.3, -0.25) is 19.3 Å². The van der Waals surface area contributed by atoms with Gasteiger partial charge in [0.05, 0.1) is 0 Å². The van der Waals surface area contributed by atoms with Crippen LogP contribution < -0.4 is 0 Å². The SMILES string of the molecule is O=C(c1ccccc1)c1c[nH]c(C(=O)N2CC(N3CCN(C(=O)c4nccs4)CC3)C2)c1. The average Bonchev–Trinajstić information content (AvgIpc) is 3.51. The first-order valence-electron chi connectivity index (χ1n) is 10.6. The van der Waals surface area contributed by atoms with Crippen molar-refractivity contribution in [1.29, 1.82) is 0 Å². The van der Waals surface area contributed by atoms with E-state index in [0.717, 1.165) is 13.1 Å². The van der Waals surface area contributed by atoms with E-state index in [-0.39, 0.29) is 17.6 Å². The van der Waals surface area contributed by atoms with Gasteiger partial charge >= 0.3 is 0 Å². The van der Waals surface area contributed by atoms with Crippen LogP contribution in [0.5, 0.6) is 0 Å². The molecule has 0 radical (unpaired) electrons. The highest BCUT2D eigenvalue weighted by Crippen LogP contribution is 2.21. The molecule has 0 aliphatic carbocycles. The minimum Gasteiger partial charge on any atom is -0.356 e. The molecule has 4 heterocycles. The van der Waals surface area contributed by atoms with Gasteiger partial charge in [-0.05, 0) is 6.07 Å². The molecule has 5 rings (SSSR count). The Kier molecular flexibility index (Phi) is 5.59. The number of nitrogens with zero attached hydrogens (tertiary/aromatic N) is 4. The van der Waals surface area contributed by atoms with Gasteiger partial charge in [0.15, 0.2) is 10.8 Å². The Morgan fingerprint density at radius 3 is 2.38 bits per heavy atom. The molecule has 9 heteroatoms. The summed E-state index contributed by atoms with van der Waals surface area (Å²) < 4.78 is 0. The van der Waals surface area contributed by atoms with Crippen LogP contribution >= 0.6 is 11.3 Å². The van der Waals surface area contributed by atoms with E-state index in [1.165, 1.54) is 11.3 Å². The molecule has 1 N–H and O–H groups in total. The van der Waals surface area contributed by atoms with Gasteiger partial charge in [0.25, 0.3) is 11.8 Å². The van der Waals surface area contributed by atoms with Crippen molar-refractivity contribution in [1.82, 2.24) is 24.7 Å². The van der Waals surface area contributed by atoms with E-state index in [9.17, 15) is 14.4 Å². The van der Waals surface area contributed by atoms with E-state index in [4.69, 9.17) is 0 Å². The predicted octanol–water partition coefficient (Wildman–Crippen LogP) is 1.98. The van der Waals surface area contributed by atoms with E-state index in [1.54, 1.807) is 35.5 Å². The third-order valence-electron chi connectivity index (χ3n) is 6.09. The van der Waals surface area contributed by atoms with Crippen molar-refractivity contribution < 1.29 is 14.4 Å². The van der Waals surface area contributed by atoms with Crippen LogP contribution in [-0.2, 0) is 0 Å². The number of piperazine rings is 1. The number of H-pyrrole nitrogens is 1. The molecule has 32 heavy (non-hydrogen) atoms. The summed E-state index contributed by atoms with van der Waals surface area (Å²) in [6.45, 7) is 4.24. The number of benzene rings is 1. The van der Waals surface area contributed by atoms with Gasteiger partial charge in [-0.15, -0.1) is 11.3 Å². The minimum absolute atomic E-state index is 0.00216. The zero-order valence-corrected chi connectivity index (χ0v) is 18.3. The average molecular weight is 450 g/mol. The molecule has 2 fully saturated rings. The van der Waals surface area contributed by atoms with Crippen LogP contribution in [0.4, 0.5) is 0 Å². The van der Waals surface area contributed by atoms with Crippen LogP contribution in [0.3, 0.4) is 0 Å². The maximum atomic E-state index is 12.8. The Hall–Kier alpha value is -3.30. The first-order chi connectivity index (χ1) is 15.6. The largest absolute Gasteiger partial charge is 0.356 e. The summed E-state index contributed by atoms with van der Waals surface area (Å²) in [5, 5.41) is 2.35. The van der Waals surface area contributed by atoms with Crippen LogP contribution in [0.2, 0.25) is 0 Å². The van der Waals surface area contributed by atoms with E-state index < -0.39 is 0 Å². The lowest BCUT2D eigenvalue weighted by Gasteiger charge is -2.47. The van der Waals surface area contributed by atoms with Gasteiger partial charge in [-0.25, -0.2) is 4.98 Å². The lowest BCUT2D eigenvalue weighted by Crippen LogP contribution is -2.64. The molecule has 2 aromatic heterocycles. The number of carbonyl (C=O) groups is 3. The van der Waals surface area contributed by atoms with Crippen molar-refractivity contribution in [2.24, 2.45) is 0 Å². The van der Waals surface area contributed by atoms with Crippen LogP contribution in [0.25, 0.3) is 0 Å². The Morgan fingerprint density at radius 1 is 0.938 bits per heavy atom. The number of aromatic nitrogens is 2. The Bertz CT molecular complexity index is 1110. The van der Waals surface area contributed by atoms with Crippen molar-refractivity contribution in [3.05, 3.63) is 76.0 Å². The van der Waals surface area contributed by atoms with Gasteiger partial charge in [0.1, 0.15) is 5.69 Å². The van der Waals surface area contributed by atoms with Crippen molar-refractivity contribution in [3.63, 3.8) is 0 Å². The van der Waals surface area contributed by atoms with E-state index in [0.29, 0.717) is 54.0 Å². The van der Waals surface area contributed by atoms with Gasteiger partial charge in [-0.1, -0.05) is 30.3 Å². The fraction of sp³-hybridized carbons (Fsp3) is 0.304. The van der Waals surface area contributed by atoms with Crippen LogP contribution in [0.15, 0.2) is 54.2 Å². The number of nitrogens with one attached hydrogen (secondary N) is 1. The number of hydrogen-bond donors (Lipinski definition) is 1. The fourth-order valence-corrected chi connectivity index (χ4v) is 4.78. The number of rotatable bonds is 5. The van der Waals surface area contributed by atoms with Crippen LogP contribution in [0, 0.1) is 0 Å². The zero-order valence-electron chi connectivity index (χ0n) is 17.4. The number of thiazole rings is 1. The van der Waals surface area contributed by atoms with Gasteiger partial charge < -0.3 is 14.8 Å². The van der Waals surface area contributed by atoms with Crippen molar-refractivity contribution >= 4 is 28.9 Å². The monoisotopic (exact) mass is 449 g/mol. The molecule has 1 aromatic carbocycles. The Balaban J connectivity index is 1.12. The molecule has 0 unspecified atom stereocenters. The summed E-state index contributed by atoms with van der Waals surface area (Å²) in [4.78, 5) is 50.8. The van der Waals surface area contributed by atoms with Crippen molar-refractivity contribution in [2.75, 3.05) is 39.3 Å². The van der Waals surface area contributed by atoms with E-state index in [2.05, 4.69) is 14.9 Å². The third kappa shape index (κ3) is 3.96. The first-order valence-corrected chi connectivity index (χ1v) is 11.5.